The maximum absolute atomic E-state index is 11.9. The Labute approximate surface area is 116 Å². The standard InChI is InChI=1S/C14H16N2O2S/c1-9(11-4-6-12(19-3)7-5-11)15-14(17)13-8-18-10(2)16-13/h4-9H,1-3H3,(H,15,17)/t9-/m0/s1. The van der Waals surface area contributed by atoms with Gasteiger partial charge in [-0.15, -0.1) is 11.8 Å². The minimum atomic E-state index is -0.224. The molecule has 1 aromatic heterocycles. The Kier molecular flexibility index (Phi) is 4.27. The summed E-state index contributed by atoms with van der Waals surface area (Å²) in [6.07, 6.45) is 3.40. The molecule has 0 saturated heterocycles. The molecule has 5 heteroatoms. The first-order valence-corrected chi connectivity index (χ1v) is 7.19. The van der Waals surface area contributed by atoms with E-state index < -0.39 is 0 Å². The van der Waals surface area contributed by atoms with Crippen LogP contribution < -0.4 is 5.32 Å². The molecule has 19 heavy (non-hydrogen) atoms. The lowest BCUT2D eigenvalue weighted by molar-refractivity contribution is 0.0935. The van der Waals surface area contributed by atoms with E-state index in [4.69, 9.17) is 4.42 Å². The van der Waals surface area contributed by atoms with Crippen LogP contribution in [0.3, 0.4) is 0 Å². The molecule has 1 aromatic carbocycles. The Bertz CT molecular complexity index is 563. The van der Waals surface area contributed by atoms with Crippen molar-refractivity contribution in [3.63, 3.8) is 0 Å². The Morgan fingerprint density at radius 1 is 1.37 bits per heavy atom. The summed E-state index contributed by atoms with van der Waals surface area (Å²) in [5, 5.41) is 2.90. The van der Waals surface area contributed by atoms with Gasteiger partial charge < -0.3 is 9.73 Å². The highest BCUT2D eigenvalue weighted by Gasteiger charge is 2.14. The van der Waals surface area contributed by atoms with Gasteiger partial charge in [0.2, 0.25) is 0 Å². The summed E-state index contributed by atoms with van der Waals surface area (Å²) < 4.78 is 5.03. The predicted molar refractivity (Wildman–Crippen MR) is 75.3 cm³/mol. The molecule has 0 saturated carbocycles. The number of rotatable bonds is 4. The van der Waals surface area contributed by atoms with Crippen LogP contribution in [-0.2, 0) is 0 Å². The molecule has 4 nitrogen and oxygen atoms in total. The number of amides is 1. The van der Waals surface area contributed by atoms with Crippen LogP contribution in [0.5, 0.6) is 0 Å². The van der Waals surface area contributed by atoms with E-state index in [9.17, 15) is 4.79 Å². The molecule has 0 radical (unpaired) electrons. The largest absolute Gasteiger partial charge is 0.448 e. The van der Waals surface area contributed by atoms with Gasteiger partial charge in [-0.1, -0.05) is 12.1 Å². The normalized spacial score (nSPS) is 12.2. The van der Waals surface area contributed by atoms with Gasteiger partial charge in [0.25, 0.3) is 5.91 Å². The monoisotopic (exact) mass is 276 g/mol. The van der Waals surface area contributed by atoms with Gasteiger partial charge in [-0.2, -0.15) is 0 Å². The lowest BCUT2D eigenvalue weighted by atomic mass is 10.1. The molecule has 0 aliphatic heterocycles. The molecule has 0 aliphatic carbocycles. The molecule has 2 rings (SSSR count). The van der Waals surface area contributed by atoms with Crippen LogP contribution in [0.4, 0.5) is 0 Å². The smallest absolute Gasteiger partial charge is 0.273 e. The second-order valence-corrected chi connectivity index (χ2v) is 5.10. The summed E-state index contributed by atoms with van der Waals surface area (Å²) in [5.74, 6) is 0.264. The Morgan fingerprint density at radius 2 is 2.05 bits per heavy atom. The molecule has 1 heterocycles. The van der Waals surface area contributed by atoms with Crippen LogP contribution in [0.1, 0.15) is 34.9 Å². The SMILES string of the molecule is CSc1ccc([C@H](C)NC(=O)c2coc(C)n2)cc1. The van der Waals surface area contributed by atoms with E-state index in [0.29, 0.717) is 11.6 Å². The molecule has 0 unspecified atom stereocenters. The van der Waals surface area contributed by atoms with Crippen LogP contribution in [0.15, 0.2) is 39.8 Å². The van der Waals surface area contributed by atoms with Crippen molar-refractivity contribution in [3.05, 3.63) is 47.7 Å². The highest BCUT2D eigenvalue weighted by Crippen LogP contribution is 2.19. The van der Waals surface area contributed by atoms with Gasteiger partial charge >= 0.3 is 0 Å². The van der Waals surface area contributed by atoms with Gasteiger partial charge in [-0.3, -0.25) is 4.79 Å². The minimum absolute atomic E-state index is 0.0691. The third kappa shape index (κ3) is 3.38. The van der Waals surface area contributed by atoms with E-state index in [2.05, 4.69) is 10.3 Å². The molecule has 1 N–H and O–H groups in total. The second kappa shape index (κ2) is 5.93. The number of hydrogen-bond acceptors (Lipinski definition) is 4. The first kappa shape index (κ1) is 13.7. The first-order valence-electron chi connectivity index (χ1n) is 5.97. The van der Waals surface area contributed by atoms with Gasteiger partial charge in [-0.25, -0.2) is 4.98 Å². The van der Waals surface area contributed by atoms with Gasteiger partial charge in [-0.05, 0) is 30.9 Å². The third-order valence-corrected chi connectivity index (χ3v) is 3.56. The van der Waals surface area contributed by atoms with E-state index in [0.717, 1.165) is 5.56 Å². The van der Waals surface area contributed by atoms with Crippen molar-refractivity contribution < 1.29 is 9.21 Å². The summed E-state index contributed by atoms with van der Waals surface area (Å²) >= 11 is 1.69. The molecule has 0 fully saturated rings. The fourth-order valence-corrected chi connectivity index (χ4v) is 2.12. The van der Waals surface area contributed by atoms with E-state index in [1.54, 1.807) is 18.7 Å². The fraction of sp³-hybridized carbons (Fsp3) is 0.286. The van der Waals surface area contributed by atoms with E-state index in [-0.39, 0.29) is 11.9 Å². The molecule has 0 bridgehead atoms. The van der Waals surface area contributed by atoms with Crippen molar-refractivity contribution in [2.24, 2.45) is 0 Å². The highest BCUT2D eigenvalue weighted by atomic mass is 32.2. The van der Waals surface area contributed by atoms with Gasteiger partial charge in [0.1, 0.15) is 6.26 Å². The summed E-state index contributed by atoms with van der Waals surface area (Å²) in [6.45, 7) is 3.65. The van der Waals surface area contributed by atoms with Crippen molar-refractivity contribution in [1.29, 1.82) is 0 Å². The Hall–Kier alpha value is -1.75. The van der Waals surface area contributed by atoms with Gasteiger partial charge in [0, 0.05) is 11.8 Å². The number of nitrogens with zero attached hydrogens (tertiary/aromatic N) is 1. The molecular formula is C14H16N2O2S. The molecule has 0 aliphatic rings. The van der Waals surface area contributed by atoms with Crippen molar-refractivity contribution in [2.75, 3.05) is 6.26 Å². The van der Waals surface area contributed by atoms with E-state index in [1.807, 2.05) is 37.4 Å². The Balaban J connectivity index is 2.03. The van der Waals surface area contributed by atoms with E-state index >= 15 is 0 Å². The zero-order chi connectivity index (χ0) is 13.8. The van der Waals surface area contributed by atoms with Gasteiger partial charge in [0.15, 0.2) is 11.6 Å². The number of nitrogens with one attached hydrogen (secondary N) is 1. The molecule has 1 atom stereocenters. The predicted octanol–water partition coefficient (Wildman–Crippen LogP) is 3.20. The minimum Gasteiger partial charge on any atom is -0.448 e. The van der Waals surface area contributed by atoms with Crippen molar-refractivity contribution in [2.45, 2.75) is 24.8 Å². The average molecular weight is 276 g/mol. The lowest BCUT2D eigenvalue weighted by Gasteiger charge is -2.13. The number of thioether (sulfide) groups is 1. The van der Waals surface area contributed by atoms with Gasteiger partial charge in [0.05, 0.1) is 6.04 Å². The third-order valence-electron chi connectivity index (χ3n) is 2.82. The van der Waals surface area contributed by atoms with Crippen LogP contribution in [-0.4, -0.2) is 17.1 Å². The van der Waals surface area contributed by atoms with Crippen molar-refractivity contribution in [3.8, 4) is 0 Å². The van der Waals surface area contributed by atoms with Crippen LogP contribution in [0.25, 0.3) is 0 Å². The number of aromatic nitrogens is 1. The summed E-state index contributed by atoms with van der Waals surface area (Å²) in [7, 11) is 0. The molecular weight excluding hydrogens is 260 g/mol. The molecule has 1 amide bonds. The second-order valence-electron chi connectivity index (χ2n) is 4.22. The Morgan fingerprint density at radius 3 is 2.58 bits per heavy atom. The molecule has 2 aromatic rings. The number of aryl methyl sites for hydroxylation is 1. The number of benzene rings is 1. The maximum atomic E-state index is 11.9. The zero-order valence-corrected chi connectivity index (χ0v) is 12.0. The van der Waals surface area contributed by atoms with Crippen molar-refractivity contribution >= 4 is 17.7 Å². The molecule has 0 spiro atoms. The number of hydrogen-bond donors (Lipinski definition) is 1. The lowest BCUT2D eigenvalue weighted by Crippen LogP contribution is -2.26. The van der Waals surface area contributed by atoms with Crippen LogP contribution in [0, 0.1) is 6.92 Å². The van der Waals surface area contributed by atoms with E-state index in [1.165, 1.54) is 11.2 Å². The number of carbonyl (C=O) groups excluding carboxylic acids is 1. The maximum Gasteiger partial charge on any atom is 0.273 e. The fourth-order valence-electron chi connectivity index (χ4n) is 1.71. The first-order chi connectivity index (χ1) is 9.10. The number of oxazole rings is 1. The summed E-state index contributed by atoms with van der Waals surface area (Å²) in [4.78, 5) is 17.1. The average Bonchev–Trinajstić information content (AvgIpc) is 2.85. The quantitative estimate of drug-likeness (QED) is 0.871. The zero-order valence-electron chi connectivity index (χ0n) is 11.1. The molecule has 100 valence electrons. The number of carbonyl (C=O) groups is 1. The highest BCUT2D eigenvalue weighted by molar-refractivity contribution is 7.98. The van der Waals surface area contributed by atoms with Crippen molar-refractivity contribution in [1.82, 2.24) is 10.3 Å². The topological polar surface area (TPSA) is 55.1 Å². The summed E-state index contributed by atoms with van der Waals surface area (Å²) in [6, 6.07) is 8.06. The van der Waals surface area contributed by atoms with Crippen LogP contribution in [0.2, 0.25) is 0 Å². The van der Waals surface area contributed by atoms with Crippen LogP contribution >= 0.6 is 11.8 Å². The summed E-state index contributed by atoms with van der Waals surface area (Å²) in [5.41, 5.74) is 1.37.